The molecule has 0 bridgehead atoms. The van der Waals surface area contributed by atoms with E-state index in [1.807, 2.05) is 0 Å². The second kappa shape index (κ2) is 6.86. The highest BCUT2D eigenvalue weighted by atomic mass is 79.9. The van der Waals surface area contributed by atoms with Gasteiger partial charge in [0.1, 0.15) is 5.69 Å². The SMILES string of the molecule is COc1cc(Br)cc2cc(N=Cc3ccccc3[N+](=O)[O-])c(=O)oc12. The van der Waals surface area contributed by atoms with E-state index in [4.69, 9.17) is 9.15 Å². The van der Waals surface area contributed by atoms with Gasteiger partial charge in [0.05, 0.1) is 17.6 Å². The van der Waals surface area contributed by atoms with Gasteiger partial charge < -0.3 is 9.15 Å². The molecule has 0 aliphatic carbocycles. The number of benzene rings is 2. The average Bonchev–Trinajstić information content (AvgIpc) is 2.59. The van der Waals surface area contributed by atoms with Crippen molar-refractivity contribution in [3.63, 3.8) is 0 Å². The number of ether oxygens (including phenoxy) is 1. The third kappa shape index (κ3) is 3.43. The van der Waals surface area contributed by atoms with Crippen molar-refractivity contribution in [2.45, 2.75) is 0 Å². The van der Waals surface area contributed by atoms with Crippen LogP contribution in [-0.4, -0.2) is 18.2 Å². The molecule has 0 radical (unpaired) electrons. The molecule has 0 atom stereocenters. The first kappa shape index (κ1) is 16.8. The average molecular weight is 403 g/mol. The number of nitro benzene ring substituents is 1. The van der Waals surface area contributed by atoms with Gasteiger partial charge in [0.25, 0.3) is 5.69 Å². The van der Waals surface area contributed by atoms with Gasteiger partial charge in [-0.25, -0.2) is 9.79 Å². The lowest BCUT2D eigenvalue weighted by molar-refractivity contribution is -0.385. The Morgan fingerprint density at radius 2 is 2.04 bits per heavy atom. The summed E-state index contributed by atoms with van der Waals surface area (Å²) in [6.45, 7) is 0. The van der Waals surface area contributed by atoms with Gasteiger partial charge in [-0.05, 0) is 24.3 Å². The smallest absolute Gasteiger partial charge is 0.362 e. The molecule has 0 spiro atoms. The zero-order valence-electron chi connectivity index (χ0n) is 12.9. The van der Waals surface area contributed by atoms with Crippen molar-refractivity contribution in [3.05, 3.63) is 73.0 Å². The van der Waals surface area contributed by atoms with Gasteiger partial charge in [0.2, 0.25) is 0 Å². The van der Waals surface area contributed by atoms with Crippen LogP contribution in [0.5, 0.6) is 5.75 Å². The minimum Gasteiger partial charge on any atom is -0.493 e. The summed E-state index contributed by atoms with van der Waals surface area (Å²) in [7, 11) is 1.47. The number of rotatable bonds is 4. The molecular formula is C17H11BrN2O5. The van der Waals surface area contributed by atoms with Crippen LogP contribution in [0.1, 0.15) is 5.56 Å². The minimum absolute atomic E-state index is 0.0332. The second-order valence-corrected chi connectivity index (χ2v) is 5.94. The van der Waals surface area contributed by atoms with Crippen molar-refractivity contribution >= 4 is 44.5 Å². The highest BCUT2D eigenvalue weighted by Crippen LogP contribution is 2.30. The number of halogens is 1. The van der Waals surface area contributed by atoms with E-state index in [1.54, 1.807) is 36.4 Å². The highest BCUT2D eigenvalue weighted by Gasteiger charge is 2.12. The quantitative estimate of drug-likeness (QED) is 0.281. The van der Waals surface area contributed by atoms with Crippen molar-refractivity contribution in [2.75, 3.05) is 7.11 Å². The molecule has 3 rings (SSSR count). The highest BCUT2D eigenvalue weighted by molar-refractivity contribution is 9.10. The van der Waals surface area contributed by atoms with Gasteiger partial charge in [0.15, 0.2) is 11.3 Å². The Hall–Kier alpha value is -3.00. The number of methoxy groups -OCH3 is 1. The lowest BCUT2D eigenvalue weighted by atomic mass is 10.2. The van der Waals surface area contributed by atoms with Crippen molar-refractivity contribution in [3.8, 4) is 5.75 Å². The van der Waals surface area contributed by atoms with Gasteiger partial charge in [-0.15, -0.1) is 0 Å². The van der Waals surface area contributed by atoms with Crippen molar-refractivity contribution in [1.82, 2.24) is 0 Å². The number of aliphatic imine (C=N–C) groups is 1. The van der Waals surface area contributed by atoms with Gasteiger partial charge in [-0.2, -0.15) is 0 Å². The molecule has 0 aliphatic heterocycles. The van der Waals surface area contributed by atoms with Crippen LogP contribution in [0.4, 0.5) is 11.4 Å². The minimum atomic E-state index is -0.664. The number of fused-ring (bicyclic) bond motifs is 1. The first-order valence-corrected chi connectivity index (χ1v) is 7.88. The largest absolute Gasteiger partial charge is 0.493 e. The summed E-state index contributed by atoms with van der Waals surface area (Å²) in [6, 6.07) is 11.1. The topological polar surface area (TPSA) is 94.9 Å². The van der Waals surface area contributed by atoms with E-state index in [-0.39, 0.29) is 11.4 Å². The van der Waals surface area contributed by atoms with Crippen LogP contribution in [0.15, 0.2) is 61.1 Å². The molecule has 8 heteroatoms. The number of hydrogen-bond acceptors (Lipinski definition) is 6. The molecule has 0 saturated heterocycles. The van der Waals surface area contributed by atoms with Gasteiger partial charge in [0, 0.05) is 22.1 Å². The van der Waals surface area contributed by atoms with Crippen LogP contribution in [0, 0.1) is 10.1 Å². The van der Waals surface area contributed by atoms with Crippen molar-refractivity contribution in [2.24, 2.45) is 4.99 Å². The third-order valence-electron chi connectivity index (χ3n) is 3.44. The Morgan fingerprint density at radius 3 is 2.76 bits per heavy atom. The van der Waals surface area contributed by atoms with E-state index in [0.29, 0.717) is 22.3 Å². The number of nitro groups is 1. The summed E-state index contributed by atoms with van der Waals surface area (Å²) in [5.74, 6) is 0.413. The van der Waals surface area contributed by atoms with Crippen LogP contribution < -0.4 is 10.4 Å². The first-order chi connectivity index (χ1) is 12.0. The molecule has 3 aromatic rings. The number of para-hydroxylation sites is 1. The molecule has 0 fully saturated rings. The lowest BCUT2D eigenvalue weighted by Gasteiger charge is -2.05. The van der Waals surface area contributed by atoms with E-state index < -0.39 is 10.5 Å². The summed E-state index contributed by atoms with van der Waals surface area (Å²) >= 11 is 3.36. The van der Waals surface area contributed by atoms with Crippen LogP contribution in [0.2, 0.25) is 0 Å². The van der Waals surface area contributed by atoms with E-state index >= 15 is 0 Å². The molecule has 1 heterocycles. The summed E-state index contributed by atoms with van der Waals surface area (Å²) in [6.07, 6.45) is 1.27. The molecule has 0 N–H and O–H groups in total. The Morgan fingerprint density at radius 1 is 1.28 bits per heavy atom. The molecule has 0 aliphatic rings. The van der Waals surface area contributed by atoms with Crippen molar-refractivity contribution < 1.29 is 14.1 Å². The van der Waals surface area contributed by atoms with Gasteiger partial charge >= 0.3 is 5.63 Å². The fourth-order valence-electron chi connectivity index (χ4n) is 2.30. The molecule has 0 saturated carbocycles. The van der Waals surface area contributed by atoms with Crippen LogP contribution >= 0.6 is 15.9 Å². The summed E-state index contributed by atoms with van der Waals surface area (Å²) in [5.41, 5.74) is -0.131. The predicted molar refractivity (Wildman–Crippen MR) is 97.1 cm³/mol. The molecule has 25 heavy (non-hydrogen) atoms. The molecule has 2 aromatic carbocycles. The summed E-state index contributed by atoms with van der Waals surface area (Å²) in [4.78, 5) is 26.7. The first-order valence-electron chi connectivity index (χ1n) is 7.08. The summed E-state index contributed by atoms with van der Waals surface area (Å²) in [5, 5.41) is 11.6. The number of nitrogens with zero attached hydrogens (tertiary/aromatic N) is 2. The molecule has 0 unspecified atom stereocenters. The maximum absolute atomic E-state index is 12.1. The van der Waals surface area contributed by atoms with E-state index in [1.165, 1.54) is 19.4 Å². The number of hydrogen-bond donors (Lipinski definition) is 0. The monoisotopic (exact) mass is 402 g/mol. The van der Waals surface area contributed by atoms with Crippen molar-refractivity contribution in [1.29, 1.82) is 0 Å². The third-order valence-corrected chi connectivity index (χ3v) is 3.90. The zero-order valence-corrected chi connectivity index (χ0v) is 14.5. The van der Waals surface area contributed by atoms with Crippen LogP contribution in [0.25, 0.3) is 11.0 Å². The lowest BCUT2D eigenvalue weighted by Crippen LogP contribution is -2.00. The van der Waals surface area contributed by atoms with Crippen LogP contribution in [0.3, 0.4) is 0 Å². The van der Waals surface area contributed by atoms with E-state index in [2.05, 4.69) is 20.9 Å². The van der Waals surface area contributed by atoms with E-state index in [9.17, 15) is 14.9 Å². The fraction of sp³-hybridized carbons (Fsp3) is 0.0588. The Labute approximate surface area is 149 Å². The molecule has 1 aromatic heterocycles. The Balaban J connectivity index is 2.10. The Bertz CT molecular complexity index is 1060. The maximum atomic E-state index is 12.1. The molecular weight excluding hydrogens is 392 g/mol. The molecule has 126 valence electrons. The maximum Gasteiger partial charge on any atom is 0.362 e. The zero-order chi connectivity index (χ0) is 18.0. The van der Waals surface area contributed by atoms with E-state index in [0.717, 1.165) is 4.47 Å². The Kier molecular flexibility index (Phi) is 4.62. The predicted octanol–water partition coefficient (Wildman–Crippen LogP) is 4.22. The van der Waals surface area contributed by atoms with Gasteiger partial charge in [-0.1, -0.05) is 28.1 Å². The fourth-order valence-corrected chi connectivity index (χ4v) is 2.75. The summed E-state index contributed by atoms with van der Waals surface area (Å²) < 4.78 is 11.2. The van der Waals surface area contributed by atoms with Gasteiger partial charge in [-0.3, -0.25) is 10.1 Å². The van der Waals surface area contributed by atoms with Crippen LogP contribution in [-0.2, 0) is 0 Å². The normalized spacial score (nSPS) is 11.1. The second-order valence-electron chi connectivity index (χ2n) is 5.02. The molecule has 7 nitrogen and oxygen atoms in total. The molecule has 0 amide bonds. The standard InChI is InChI=1S/C17H11BrN2O5/c1-24-15-8-12(18)6-11-7-13(17(21)25-16(11)15)19-9-10-4-2-3-5-14(10)20(22)23/h2-9H,1H3.